The molecule has 2 amide bonds. The van der Waals surface area contributed by atoms with E-state index < -0.39 is 0 Å². The highest BCUT2D eigenvalue weighted by Crippen LogP contribution is 2.37. The number of nitrogens with one attached hydrogen (secondary N) is 3. The summed E-state index contributed by atoms with van der Waals surface area (Å²) < 4.78 is 5.19. The van der Waals surface area contributed by atoms with Crippen LogP contribution in [0.3, 0.4) is 0 Å². The van der Waals surface area contributed by atoms with Crippen LogP contribution in [0.5, 0.6) is 5.75 Å². The van der Waals surface area contributed by atoms with Crippen molar-refractivity contribution in [2.75, 3.05) is 12.4 Å². The van der Waals surface area contributed by atoms with Crippen LogP contribution in [0.1, 0.15) is 105 Å². The van der Waals surface area contributed by atoms with Gasteiger partial charge in [0, 0.05) is 45.2 Å². The summed E-state index contributed by atoms with van der Waals surface area (Å²) in [4.78, 5) is 25.5. The van der Waals surface area contributed by atoms with Crippen molar-refractivity contribution >= 4 is 46.7 Å². The zero-order chi connectivity index (χ0) is 35.0. The zero-order valence-corrected chi connectivity index (χ0v) is 31.3. The molecule has 6 nitrogen and oxygen atoms in total. The maximum atomic E-state index is 12.6. The Morgan fingerprint density at radius 3 is 2.11 bits per heavy atom. The molecular formula is C37H57N3O3S2. The second-order valence-electron chi connectivity index (χ2n) is 9.57. The van der Waals surface area contributed by atoms with Crippen molar-refractivity contribution in [3.63, 3.8) is 0 Å². The molecule has 0 spiro atoms. The van der Waals surface area contributed by atoms with E-state index in [-0.39, 0.29) is 11.8 Å². The Morgan fingerprint density at radius 1 is 0.978 bits per heavy atom. The van der Waals surface area contributed by atoms with Gasteiger partial charge in [-0.05, 0) is 35.7 Å². The van der Waals surface area contributed by atoms with E-state index in [0.29, 0.717) is 27.4 Å². The SMILES string of the molecule is C=C(NC(C)=O)SC1=CNC(c2cccc(NC(=O)c3cccc(OC)c3)c2)=CSC1=C.CC.CC.CC.CCC(C)(C)CC. The Morgan fingerprint density at radius 2 is 1.58 bits per heavy atom. The standard InChI is InChI=1S/C24H23N3O3S2.C7H16.3C2H6/c1-15-23(32-17(3)26-16(2)28)13-25-22(14-31-15)18-7-5-9-20(11-18)27-24(29)19-8-6-10-21(12-19)30-4;1-5-7(3,4)6-2;3*1-2/h5-14,25H,1,3H2,2,4H3,(H,26,28)(H,27,29);5-6H2,1-4H3;3*1-2H3. The first-order valence-electron chi connectivity index (χ1n) is 15.7. The Hall–Kier alpha value is -3.36. The molecular weight excluding hydrogens is 599 g/mol. The van der Waals surface area contributed by atoms with E-state index in [1.165, 1.54) is 43.3 Å². The molecule has 8 heteroatoms. The number of rotatable bonds is 9. The van der Waals surface area contributed by atoms with E-state index in [4.69, 9.17) is 4.74 Å². The summed E-state index contributed by atoms with van der Waals surface area (Å²) in [5.41, 5.74) is 3.52. The number of hydrogen-bond acceptors (Lipinski definition) is 6. The number of hydrogen-bond donors (Lipinski definition) is 3. The lowest BCUT2D eigenvalue weighted by Gasteiger charge is -2.18. The van der Waals surface area contributed by atoms with Crippen LogP contribution in [0.15, 0.2) is 88.1 Å². The van der Waals surface area contributed by atoms with Crippen molar-refractivity contribution in [3.05, 3.63) is 99.3 Å². The first-order chi connectivity index (χ1) is 21.5. The molecule has 0 aromatic heterocycles. The lowest BCUT2D eigenvalue weighted by atomic mass is 9.88. The summed E-state index contributed by atoms with van der Waals surface area (Å²) in [7, 11) is 1.56. The molecule has 2 aromatic rings. The number of benzene rings is 2. The van der Waals surface area contributed by atoms with E-state index >= 15 is 0 Å². The van der Waals surface area contributed by atoms with Crippen LogP contribution in [0.25, 0.3) is 5.70 Å². The topological polar surface area (TPSA) is 79.5 Å². The average molecular weight is 656 g/mol. The van der Waals surface area contributed by atoms with Crippen molar-refractivity contribution in [2.24, 2.45) is 5.41 Å². The quantitative estimate of drug-likeness (QED) is 0.249. The van der Waals surface area contributed by atoms with Gasteiger partial charge in [0.2, 0.25) is 5.91 Å². The van der Waals surface area contributed by atoms with Gasteiger partial charge in [0.25, 0.3) is 5.91 Å². The fourth-order valence-corrected chi connectivity index (χ4v) is 4.62. The molecule has 0 saturated heterocycles. The van der Waals surface area contributed by atoms with Crippen LogP contribution < -0.4 is 20.7 Å². The van der Waals surface area contributed by atoms with Gasteiger partial charge in [-0.3, -0.25) is 9.59 Å². The Labute approximate surface area is 282 Å². The number of carbonyl (C=O) groups is 2. The summed E-state index contributed by atoms with van der Waals surface area (Å²) in [5.74, 6) is 0.231. The fourth-order valence-electron chi connectivity index (χ4n) is 3.02. The smallest absolute Gasteiger partial charge is 0.255 e. The number of amides is 2. The predicted molar refractivity (Wildman–Crippen MR) is 202 cm³/mol. The van der Waals surface area contributed by atoms with E-state index in [1.54, 1.807) is 31.4 Å². The van der Waals surface area contributed by atoms with Crippen LogP contribution >= 0.6 is 23.5 Å². The maximum Gasteiger partial charge on any atom is 0.255 e. The van der Waals surface area contributed by atoms with Gasteiger partial charge in [-0.15, -0.1) is 0 Å². The van der Waals surface area contributed by atoms with E-state index in [9.17, 15) is 9.59 Å². The van der Waals surface area contributed by atoms with Gasteiger partial charge in [-0.25, -0.2) is 0 Å². The van der Waals surface area contributed by atoms with Crippen LogP contribution in [-0.2, 0) is 4.79 Å². The fraction of sp³-hybridized carbons (Fsp3) is 0.405. The molecule has 3 N–H and O–H groups in total. The number of anilines is 1. The largest absolute Gasteiger partial charge is 0.497 e. The Bertz CT molecular complexity index is 1260. The van der Waals surface area contributed by atoms with E-state index in [0.717, 1.165) is 21.1 Å². The molecule has 2 aromatic carbocycles. The third kappa shape index (κ3) is 17.6. The first-order valence-corrected chi connectivity index (χ1v) is 17.4. The number of ether oxygens (including phenoxy) is 1. The minimum Gasteiger partial charge on any atom is -0.497 e. The van der Waals surface area contributed by atoms with Crippen molar-refractivity contribution in [1.29, 1.82) is 0 Å². The molecule has 0 bridgehead atoms. The van der Waals surface area contributed by atoms with Gasteiger partial charge >= 0.3 is 0 Å². The monoisotopic (exact) mass is 655 g/mol. The first kappa shape index (κ1) is 43.8. The molecule has 0 saturated carbocycles. The highest BCUT2D eigenvalue weighted by Gasteiger charge is 2.14. The highest BCUT2D eigenvalue weighted by molar-refractivity contribution is 8.11. The molecule has 45 heavy (non-hydrogen) atoms. The van der Waals surface area contributed by atoms with Gasteiger partial charge in [-0.2, -0.15) is 0 Å². The van der Waals surface area contributed by atoms with Crippen molar-refractivity contribution in [3.8, 4) is 5.75 Å². The molecule has 0 atom stereocenters. The van der Waals surface area contributed by atoms with Gasteiger partial charge in [0.05, 0.1) is 17.8 Å². The molecule has 0 unspecified atom stereocenters. The number of thioether (sulfide) groups is 2. The molecule has 3 rings (SSSR count). The normalized spacial score (nSPS) is 11.6. The van der Waals surface area contributed by atoms with Gasteiger partial charge in [0.15, 0.2) is 0 Å². The van der Waals surface area contributed by atoms with Crippen LogP contribution in [-0.4, -0.2) is 18.9 Å². The molecule has 0 aliphatic carbocycles. The van der Waals surface area contributed by atoms with E-state index in [1.807, 2.05) is 77.4 Å². The molecule has 0 radical (unpaired) electrons. The third-order valence-corrected chi connectivity index (χ3v) is 8.10. The summed E-state index contributed by atoms with van der Waals surface area (Å²) in [6.07, 6.45) is 4.42. The summed E-state index contributed by atoms with van der Waals surface area (Å²) in [5, 5.41) is 11.3. The Balaban J connectivity index is 0. The zero-order valence-electron chi connectivity index (χ0n) is 29.6. The average Bonchev–Trinajstić information content (AvgIpc) is 3.24. The second kappa shape index (κ2) is 24.9. The highest BCUT2D eigenvalue weighted by atomic mass is 32.2. The molecule has 0 fully saturated rings. The van der Waals surface area contributed by atoms with Crippen molar-refractivity contribution in [2.45, 2.75) is 89.0 Å². The second-order valence-corrected chi connectivity index (χ2v) is 11.7. The van der Waals surface area contributed by atoms with Crippen LogP contribution in [0.4, 0.5) is 5.69 Å². The summed E-state index contributed by atoms with van der Waals surface area (Å²) in [6.45, 7) is 30.5. The lowest BCUT2D eigenvalue weighted by Crippen LogP contribution is -2.16. The Kier molecular flexibility index (Phi) is 24.2. The van der Waals surface area contributed by atoms with Crippen molar-refractivity contribution in [1.82, 2.24) is 10.6 Å². The van der Waals surface area contributed by atoms with E-state index in [2.05, 4.69) is 56.8 Å². The summed E-state index contributed by atoms with van der Waals surface area (Å²) >= 11 is 2.80. The molecule has 250 valence electrons. The predicted octanol–water partition coefficient (Wildman–Crippen LogP) is 11.2. The molecule has 1 aliphatic rings. The van der Waals surface area contributed by atoms with Gasteiger partial charge < -0.3 is 20.7 Å². The van der Waals surface area contributed by atoms with Crippen LogP contribution in [0, 0.1) is 5.41 Å². The maximum absolute atomic E-state index is 12.6. The number of carbonyl (C=O) groups excluding carboxylic acids is 2. The minimum absolute atomic E-state index is 0.172. The van der Waals surface area contributed by atoms with Crippen LogP contribution in [0.2, 0.25) is 0 Å². The summed E-state index contributed by atoms with van der Waals surface area (Å²) in [6, 6.07) is 14.5. The molecule has 1 aliphatic heterocycles. The van der Waals surface area contributed by atoms with Gasteiger partial charge in [0.1, 0.15) is 5.75 Å². The molecule has 1 heterocycles. The lowest BCUT2D eigenvalue weighted by molar-refractivity contribution is -0.118. The third-order valence-electron chi connectivity index (χ3n) is 6.18. The minimum atomic E-state index is -0.221. The van der Waals surface area contributed by atoms with Crippen molar-refractivity contribution < 1.29 is 14.3 Å². The number of methoxy groups -OCH3 is 1. The van der Waals surface area contributed by atoms with Gasteiger partial charge in [-0.1, -0.05) is 137 Å².